The predicted octanol–water partition coefficient (Wildman–Crippen LogP) is 3.13. The van der Waals surface area contributed by atoms with Crippen LogP contribution in [-0.4, -0.2) is 35.9 Å². The number of carbonyl (C=O) groups is 1. The van der Waals surface area contributed by atoms with E-state index in [2.05, 4.69) is 0 Å². The SMILES string of the molecule is CN(C(=O)OC(C)(C)C)[C@@H]1CCCC[C@H]1F. The summed E-state index contributed by atoms with van der Waals surface area (Å²) < 4.78 is 18.9. The quantitative estimate of drug-likeness (QED) is 0.694. The number of ether oxygens (including phenoxy) is 1. The van der Waals surface area contributed by atoms with Crippen LogP contribution in [-0.2, 0) is 4.74 Å². The van der Waals surface area contributed by atoms with E-state index < -0.39 is 17.9 Å². The maximum atomic E-state index is 13.6. The number of nitrogens with zero attached hydrogens (tertiary/aromatic N) is 1. The molecule has 94 valence electrons. The molecular weight excluding hydrogens is 209 g/mol. The smallest absolute Gasteiger partial charge is 0.410 e. The molecular formula is C12H22FNO2. The molecule has 0 unspecified atom stereocenters. The van der Waals surface area contributed by atoms with Crippen LogP contribution < -0.4 is 0 Å². The molecule has 16 heavy (non-hydrogen) atoms. The minimum atomic E-state index is -0.911. The molecule has 4 heteroatoms. The molecule has 0 spiro atoms. The van der Waals surface area contributed by atoms with Crippen LogP contribution in [0.3, 0.4) is 0 Å². The molecule has 1 saturated carbocycles. The third kappa shape index (κ3) is 3.65. The molecule has 0 N–H and O–H groups in total. The van der Waals surface area contributed by atoms with Crippen molar-refractivity contribution in [1.82, 2.24) is 4.90 Å². The summed E-state index contributed by atoms with van der Waals surface area (Å²) in [5.74, 6) is 0. The molecule has 1 fully saturated rings. The van der Waals surface area contributed by atoms with Crippen LogP contribution in [0.1, 0.15) is 46.5 Å². The van der Waals surface area contributed by atoms with Gasteiger partial charge >= 0.3 is 6.09 Å². The highest BCUT2D eigenvalue weighted by Gasteiger charge is 2.32. The zero-order chi connectivity index (χ0) is 12.3. The molecule has 0 radical (unpaired) electrons. The first-order chi connectivity index (χ1) is 7.31. The number of amides is 1. The van der Waals surface area contributed by atoms with Gasteiger partial charge in [-0.05, 0) is 33.6 Å². The Morgan fingerprint density at radius 3 is 2.38 bits per heavy atom. The lowest BCUT2D eigenvalue weighted by Gasteiger charge is -2.34. The van der Waals surface area contributed by atoms with E-state index in [-0.39, 0.29) is 6.04 Å². The number of rotatable bonds is 1. The van der Waals surface area contributed by atoms with Crippen LogP contribution in [0.4, 0.5) is 9.18 Å². The lowest BCUT2D eigenvalue weighted by molar-refractivity contribution is 0.00742. The standard InChI is InChI=1S/C12H22FNO2/c1-12(2,3)16-11(15)14(4)10-8-6-5-7-9(10)13/h9-10H,5-8H2,1-4H3/t9-,10-/m1/s1. The van der Waals surface area contributed by atoms with Gasteiger partial charge in [0.25, 0.3) is 0 Å². The fourth-order valence-corrected chi connectivity index (χ4v) is 1.97. The van der Waals surface area contributed by atoms with E-state index >= 15 is 0 Å². The first kappa shape index (κ1) is 13.3. The van der Waals surface area contributed by atoms with Crippen LogP contribution in [0.2, 0.25) is 0 Å². The summed E-state index contributed by atoms with van der Waals surface area (Å²) in [7, 11) is 1.62. The summed E-state index contributed by atoms with van der Waals surface area (Å²) in [5.41, 5.74) is -0.522. The van der Waals surface area contributed by atoms with Gasteiger partial charge in [-0.2, -0.15) is 0 Å². The minimum Gasteiger partial charge on any atom is -0.444 e. The van der Waals surface area contributed by atoms with Gasteiger partial charge in [-0.1, -0.05) is 12.8 Å². The van der Waals surface area contributed by atoms with Crippen LogP contribution in [0, 0.1) is 0 Å². The van der Waals surface area contributed by atoms with Gasteiger partial charge in [0.1, 0.15) is 11.8 Å². The molecule has 0 heterocycles. The van der Waals surface area contributed by atoms with Crippen LogP contribution in [0.5, 0.6) is 0 Å². The van der Waals surface area contributed by atoms with Crippen molar-refractivity contribution in [2.75, 3.05) is 7.05 Å². The zero-order valence-electron chi connectivity index (χ0n) is 10.6. The van der Waals surface area contributed by atoms with Gasteiger partial charge in [-0.3, -0.25) is 0 Å². The van der Waals surface area contributed by atoms with Crippen LogP contribution in [0.15, 0.2) is 0 Å². The Balaban J connectivity index is 2.55. The van der Waals surface area contributed by atoms with Crippen molar-refractivity contribution in [3.63, 3.8) is 0 Å². The minimum absolute atomic E-state index is 0.316. The van der Waals surface area contributed by atoms with Crippen molar-refractivity contribution >= 4 is 6.09 Å². The summed E-state index contributed by atoms with van der Waals surface area (Å²) >= 11 is 0. The molecule has 1 amide bonds. The van der Waals surface area contributed by atoms with Gasteiger partial charge in [0, 0.05) is 7.05 Å². The normalized spacial score (nSPS) is 26.3. The highest BCUT2D eigenvalue weighted by molar-refractivity contribution is 5.68. The zero-order valence-corrected chi connectivity index (χ0v) is 10.6. The largest absolute Gasteiger partial charge is 0.444 e. The van der Waals surface area contributed by atoms with Crippen molar-refractivity contribution in [2.24, 2.45) is 0 Å². The number of alkyl halides is 1. The predicted molar refractivity (Wildman–Crippen MR) is 61.1 cm³/mol. The topological polar surface area (TPSA) is 29.5 Å². The fourth-order valence-electron chi connectivity index (χ4n) is 1.97. The molecule has 0 aromatic carbocycles. The van der Waals surface area contributed by atoms with E-state index in [0.29, 0.717) is 6.42 Å². The summed E-state index contributed by atoms with van der Waals surface area (Å²) in [4.78, 5) is 13.2. The molecule has 0 bridgehead atoms. The Labute approximate surface area is 96.9 Å². The molecule has 0 aromatic rings. The highest BCUT2D eigenvalue weighted by atomic mass is 19.1. The van der Waals surface area contributed by atoms with Crippen LogP contribution in [0.25, 0.3) is 0 Å². The second kappa shape index (κ2) is 5.02. The monoisotopic (exact) mass is 231 g/mol. The first-order valence-corrected chi connectivity index (χ1v) is 5.91. The summed E-state index contributed by atoms with van der Waals surface area (Å²) in [6.07, 6.45) is 1.85. The second-order valence-corrected chi connectivity index (χ2v) is 5.46. The van der Waals surface area contributed by atoms with E-state index in [1.54, 1.807) is 7.05 Å². The fraction of sp³-hybridized carbons (Fsp3) is 0.917. The third-order valence-electron chi connectivity index (χ3n) is 2.83. The lowest BCUT2D eigenvalue weighted by atomic mass is 9.93. The van der Waals surface area contributed by atoms with Crippen molar-refractivity contribution in [3.05, 3.63) is 0 Å². The third-order valence-corrected chi connectivity index (χ3v) is 2.83. The van der Waals surface area contributed by atoms with Gasteiger partial charge in [-0.25, -0.2) is 9.18 Å². The number of hydrogen-bond acceptors (Lipinski definition) is 2. The molecule has 1 rings (SSSR count). The van der Waals surface area contributed by atoms with Gasteiger partial charge in [0.05, 0.1) is 6.04 Å². The maximum Gasteiger partial charge on any atom is 0.410 e. The Kier molecular flexibility index (Phi) is 4.16. The summed E-state index contributed by atoms with van der Waals surface area (Å²) in [6.45, 7) is 5.44. The molecule has 0 aromatic heterocycles. The van der Waals surface area contributed by atoms with Gasteiger partial charge < -0.3 is 9.64 Å². The second-order valence-electron chi connectivity index (χ2n) is 5.46. The van der Waals surface area contributed by atoms with E-state index in [1.165, 1.54) is 4.90 Å². The Morgan fingerprint density at radius 2 is 1.88 bits per heavy atom. The van der Waals surface area contributed by atoms with Crippen molar-refractivity contribution in [1.29, 1.82) is 0 Å². The molecule has 0 aliphatic heterocycles. The summed E-state index contributed by atoms with van der Waals surface area (Å²) in [6, 6.07) is -0.316. The van der Waals surface area contributed by atoms with E-state index in [4.69, 9.17) is 4.74 Å². The number of halogens is 1. The Hall–Kier alpha value is -0.800. The van der Waals surface area contributed by atoms with E-state index in [0.717, 1.165) is 19.3 Å². The van der Waals surface area contributed by atoms with Crippen molar-refractivity contribution in [2.45, 2.75) is 64.3 Å². The van der Waals surface area contributed by atoms with Gasteiger partial charge in [0.15, 0.2) is 0 Å². The van der Waals surface area contributed by atoms with Gasteiger partial charge in [-0.15, -0.1) is 0 Å². The van der Waals surface area contributed by atoms with Crippen LogP contribution >= 0.6 is 0 Å². The molecule has 0 saturated heterocycles. The summed E-state index contributed by atoms with van der Waals surface area (Å²) in [5, 5.41) is 0. The molecule has 1 aliphatic rings. The number of hydrogen-bond donors (Lipinski definition) is 0. The first-order valence-electron chi connectivity index (χ1n) is 5.91. The van der Waals surface area contributed by atoms with E-state index in [9.17, 15) is 9.18 Å². The van der Waals surface area contributed by atoms with E-state index in [1.807, 2.05) is 20.8 Å². The number of carbonyl (C=O) groups excluding carboxylic acids is 1. The molecule has 3 nitrogen and oxygen atoms in total. The average molecular weight is 231 g/mol. The van der Waals surface area contributed by atoms with Crippen molar-refractivity contribution < 1.29 is 13.9 Å². The highest BCUT2D eigenvalue weighted by Crippen LogP contribution is 2.25. The Bertz CT molecular complexity index is 250. The lowest BCUT2D eigenvalue weighted by Crippen LogP contribution is -2.46. The average Bonchev–Trinajstić information content (AvgIpc) is 2.15. The Morgan fingerprint density at radius 1 is 1.31 bits per heavy atom. The van der Waals surface area contributed by atoms with Gasteiger partial charge in [0.2, 0.25) is 0 Å². The maximum absolute atomic E-state index is 13.6. The molecule has 1 aliphatic carbocycles. The van der Waals surface area contributed by atoms with Crippen molar-refractivity contribution in [3.8, 4) is 0 Å². The molecule has 2 atom stereocenters.